The fourth-order valence-electron chi connectivity index (χ4n) is 0. The molecule has 0 aromatic carbocycles. The zero-order chi connectivity index (χ0) is 6.12. The number of terminal acetylenes is 1. The highest BCUT2D eigenvalue weighted by Gasteiger charge is 1.26. The summed E-state index contributed by atoms with van der Waals surface area (Å²) in [5.74, 6) is 2.19. The molecule has 0 atom stereocenters. The van der Waals surface area contributed by atoms with E-state index in [0.29, 0.717) is 0 Å². The molecule has 0 aromatic rings. The van der Waals surface area contributed by atoms with E-state index in [1.807, 2.05) is 0 Å². The second-order valence-corrected chi connectivity index (χ2v) is 0.553. The number of aliphatic hydroxyl groups is 1. The van der Waals surface area contributed by atoms with Crippen molar-refractivity contribution >= 4 is 0 Å². The lowest BCUT2D eigenvalue weighted by molar-refractivity contribution is 0.476. The minimum atomic E-state index is 0.750. The Morgan fingerprint density at radius 1 is 1.57 bits per heavy atom. The molecule has 1 heteroatoms. The van der Waals surface area contributed by atoms with E-state index in [0.717, 1.165) is 6.26 Å². The molecule has 0 aliphatic heterocycles. The van der Waals surface area contributed by atoms with Crippen LogP contribution in [0.1, 0.15) is 0 Å². The molecule has 0 saturated heterocycles. The van der Waals surface area contributed by atoms with Gasteiger partial charge in [-0.1, -0.05) is 19.1 Å². The van der Waals surface area contributed by atoms with Gasteiger partial charge in [0.2, 0.25) is 0 Å². The zero-order valence-corrected chi connectivity index (χ0v) is 4.09. The molecule has 0 aliphatic rings. The topological polar surface area (TPSA) is 20.2 Å². The van der Waals surface area contributed by atoms with Gasteiger partial charge in [-0.15, -0.1) is 6.42 Å². The standard InChI is InChI=1S/C4H4.C2H4O/c1-3-4-2;1-2-3/h1,4H,2H2;2-3H,1H2. The van der Waals surface area contributed by atoms with Gasteiger partial charge in [0, 0.05) is 0 Å². The highest BCUT2D eigenvalue weighted by atomic mass is 16.2. The Kier molecular flexibility index (Phi) is 27.9. The van der Waals surface area contributed by atoms with Crippen molar-refractivity contribution in [1.29, 1.82) is 0 Å². The van der Waals surface area contributed by atoms with Gasteiger partial charge in [0.1, 0.15) is 0 Å². The molecular weight excluding hydrogens is 88.1 g/mol. The highest BCUT2D eigenvalue weighted by Crippen LogP contribution is 1.41. The Labute approximate surface area is 44.0 Å². The maximum absolute atomic E-state index is 7.33. The van der Waals surface area contributed by atoms with Crippen molar-refractivity contribution in [2.75, 3.05) is 0 Å². The van der Waals surface area contributed by atoms with Crippen LogP contribution in [0.5, 0.6) is 0 Å². The average molecular weight is 96.1 g/mol. The summed E-state index contributed by atoms with van der Waals surface area (Å²) in [6, 6.07) is 0. The molecule has 0 bridgehead atoms. The summed E-state index contributed by atoms with van der Waals surface area (Å²) in [4.78, 5) is 0. The minimum absolute atomic E-state index is 0.750. The molecule has 0 saturated carbocycles. The van der Waals surface area contributed by atoms with E-state index in [1.54, 1.807) is 0 Å². The van der Waals surface area contributed by atoms with Crippen molar-refractivity contribution in [3.8, 4) is 12.3 Å². The smallest absolute Gasteiger partial charge is 0.0719 e. The lowest BCUT2D eigenvalue weighted by Gasteiger charge is -1.41. The normalized spacial score (nSPS) is 3.86. The number of hydrogen-bond donors (Lipinski definition) is 1. The third-order valence-electron chi connectivity index (χ3n) is 0.118. The summed E-state index contributed by atoms with van der Waals surface area (Å²) >= 11 is 0. The van der Waals surface area contributed by atoms with Crippen LogP contribution in [-0.4, -0.2) is 5.11 Å². The van der Waals surface area contributed by atoms with Crippen LogP contribution in [0.15, 0.2) is 25.5 Å². The van der Waals surface area contributed by atoms with E-state index < -0.39 is 0 Å². The third kappa shape index (κ3) is 1520. The molecule has 7 heavy (non-hydrogen) atoms. The van der Waals surface area contributed by atoms with E-state index in [9.17, 15) is 0 Å². The second kappa shape index (κ2) is 21.1. The van der Waals surface area contributed by atoms with Gasteiger partial charge in [-0.25, -0.2) is 0 Å². The minimum Gasteiger partial charge on any atom is -0.516 e. The van der Waals surface area contributed by atoms with Crippen LogP contribution in [0.3, 0.4) is 0 Å². The highest BCUT2D eigenvalue weighted by molar-refractivity contribution is 5.03. The molecule has 38 valence electrons. The Hall–Kier alpha value is -1.16. The lowest BCUT2D eigenvalue weighted by atomic mass is 10.7. The maximum atomic E-state index is 7.33. The van der Waals surface area contributed by atoms with E-state index in [4.69, 9.17) is 5.11 Å². The number of rotatable bonds is 0. The molecule has 1 N–H and O–H groups in total. The first kappa shape index (κ1) is 9.28. The van der Waals surface area contributed by atoms with E-state index in [1.165, 1.54) is 6.08 Å². The first-order valence-corrected chi connectivity index (χ1v) is 1.65. The van der Waals surface area contributed by atoms with Gasteiger partial charge in [-0.2, -0.15) is 0 Å². The molecule has 0 spiro atoms. The quantitative estimate of drug-likeness (QED) is 0.358. The molecule has 0 amide bonds. The van der Waals surface area contributed by atoms with E-state index in [2.05, 4.69) is 25.5 Å². The first-order chi connectivity index (χ1) is 3.33. The molecular formula is C6H8O. The number of aliphatic hydroxyl groups excluding tert-OH is 1. The van der Waals surface area contributed by atoms with Crippen molar-refractivity contribution in [3.63, 3.8) is 0 Å². The molecule has 0 rings (SSSR count). The van der Waals surface area contributed by atoms with Crippen LogP contribution in [-0.2, 0) is 0 Å². The fraction of sp³-hybridized carbons (Fsp3) is 0. The predicted octanol–water partition coefficient (Wildman–Crippen LogP) is 1.49. The predicted molar refractivity (Wildman–Crippen MR) is 31.9 cm³/mol. The number of hydrogen-bond acceptors (Lipinski definition) is 1. The summed E-state index contributed by atoms with van der Waals surface area (Å²) in [5, 5.41) is 7.33. The van der Waals surface area contributed by atoms with Gasteiger partial charge in [0.15, 0.2) is 0 Å². The van der Waals surface area contributed by atoms with Crippen LogP contribution in [0.2, 0.25) is 0 Å². The van der Waals surface area contributed by atoms with Gasteiger partial charge in [-0.3, -0.25) is 0 Å². The van der Waals surface area contributed by atoms with E-state index >= 15 is 0 Å². The zero-order valence-electron chi connectivity index (χ0n) is 4.09. The molecule has 0 unspecified atom stereocenters. The molecule has 0 radical (unpaired) electrons. The van der Waals surface area contributed by atoms with Crippen LogP contribution in [0.4, 0.5) is 0 Å². The largest absolute Gasteiger partial charge is 0.516 e. The van der Waals surface area contributed by atoms with Gasteiger partial charge < -0.3 is 5.11 Å². The third-order valence-corrected chi connectivity index (χ3v) is 0.118. The summed E-state index contributed by atoms with van der Waals surface area (Å²) < 4.78 is 0. The summed E-state index contributed by atoms with van der Waals surface area (Å²) in [6.45, 7) is 6.16. The van der Waals surface area contributed by atoms with Gasteiger partial charge in [-0.05, 0) is 6.08 Å². The molecule has 1 nitrogen and oxygen atoms in total. The second-order valence-electron chi connectivity index (χ2n) is 0.553. The van der Waals surface area contributed by atoms with E-state index in [-0.39, 0.29) is 0 Å². The van der Waals surface area contributed by atoms with Crippen LogP contribution in [0, 0.1) is 12.3 Å². The van der Waals surface area contributed by atoms with Crippen LogP contribution >= 0.6 is 0 Å². The maximum Gasteiger partial charge on any atom is 0.0719 e. The molecule has 0 heterocycles. The summed E-state index contributed by atoms with van der Waals surface area (Å²) in [5.41, 5.74) is 0. The fourth-order valence-corrected chi connectivity index (χ4v) is 0. The summed E-state index contributed by atoms with van der Waals surface area (Å²) in [6.07, 6.45) is 6.81. The average Bonchev–Trinajstić information content (AvgIpc) is 1.69. The Balaban J connectivity index is 0. The Bertz CT molecular complexity index is 76.7. The lowest BCUT2D eigenvalue weighted by Crippen LogP contribution is -1.25. The van der Waals surface area contributed by atoms with Crippen LogP contribution in [0.25, 0.3) is 0 Å². The first-order valence-electron chi connectivity index (χ1n) is 1.65. The number of allylic oxidation sites excluding steroid dienone is 1. The van der Waals surface area contributed by atoms with Gasteiger partial charge in [0.25, 0.3) is 0 Å². The molecule has 0 aromatic heterocycles. The molecule has 0 aliphatic carbocycles. The Morgan fingerprint density at radius 2 is 1.71 bits per heavy atom. The summed E-state index contributed by atoms with van der Waals surface area (Å²) in [7, 11) is 0. The van der Waals surface area contributed by atoms with Gasteiger partial charge >= 0.3 is 0 Å². The Morgan fingerprint density at radius 3 is 1.71 bits per heavy atom. The van der Waals surface area contributed by atoms with Crippen molar-refractivity contribution in [2.45, 2.75) is 0 Å². The van der Waals surface area contributed by atoms with Crippen molar-refractivity contribution < 1.29 is 5.11 Å². The van der Waals surface area contributed by atoms with Crippen molar-refractivity contribution in [1.82, 2.24) is 0 Å². The monoisotopic (exact) mass is 96.1 g/mol. The molecule has 0 fully saturated rings. The van der Waals surface area contributed by atoms with Crippen LogP contribution < -0.4 is 0 Å². The SMILES string of the molecule is C#CC=C.C=CO. The van der Waals surface area contributed by atoms with Gasteiger partial charge in [0.05, 0.1) is 6.26 Å². The van der Waals surface area contributed by atoms with Crippen molar-refractivity contribution in [3.05, 3.63) is 25.5 Å². The van der Waals surface area contributed by atoms with Crippen molar-refractivity contribution in [2.24, 2.45) is 0 Å².